The van der Waals surface area contributed by atoms with Gasteiger partial charge in [0.2, 0.25) is 0 Å². The zero-order valence-corrected chi connectivity index (χ0v) is 9.96. The molecule has 2 heterocycles. The van der Waals surface area contributed by atoms with Gasteiger partial charge < -0.3 is 4.74 Å². The number of ether oxygens (including phenoxy) is 1. The van der Waals surface area contributed by atoms with Gasteiger partial charge in [0.25, 0.3) is 0 Å². The van der Waals surface area contributed by atoms with Crippen molar-refractivity contribution < 1.29 is 4.74 Å². The lowest BCUT2D eigenvalue weighted by Gasteiger charge is -2.06. The van der Waals surface area contributed by atoms with Gasteiger partial charge in [-0.1, -0.05) is 25.1 Å². The fourth-order valence-corrected chi connectivity index (χ4v) is 2.84. The fraction of sp³-hybridized carbons (Fsp3) is 0.308. The molecule has 0 radical (unpaired) electrons. The van der Waals surface area contributed by atoms with E-state index in [2.05, 4.69) is 24.0 Å². The number of aromatic nitrogens is 1. The summed E-state index contributed by atoms with van der Waals surface area (Å²) in [4.78, 5) is 5.77. The lowest BCUT2D eigenvalue weighted by Crippen LogP contribution is -2.01. The van der Waals surface area contributed by atoms with E-state index >= 15 is 0 Å². The van der Waals surface area contributed by atoms with Gasteiger partial charge in [0, 0.05) is 17.5 Å². The molecule has 0 fully saturated rings. The highest BCUT2D eigenvalue weighted by atomic mass is 32.1. The van der Waals surface area contributed by atoms with E-state index in [4.69, 9.17) is 4.74 Å². The van der Waals surface area contributed by atoms with E-state index in [1.54, 1.807) is 11.3 Å². The minimum absolute atomic E-state index is 0.127. The second-order valence-corrected chi connectivity index (χ2v) is 5.08. The number of nitrogens with zero attached hydrogens (tertiary/aromatic N) is 1. The van der Waals surface area contributed by atoms with Crippen LogP contribution in [0.4, 0.5) is 0 Å². The lowest BCUT2D eigenvalue weighted by atomic mass is 10.1. The highest BCUT2D eigenvalue weighted by Crippen LogP contribution is 2.37. The summed E-state index contributed by atoms with van der Waals surface area (Å²) in [6.45, 7) is 2.15. The lowest BCUT2D eigenvalue weighted by molar-refractivity contribution is 0.238. The van der Waals surface area contributed by atoms with Crippen LogP contribution in [0.15, 0.2) is 30.5 Å². The molecule has 0 bridgehead atoms. The zero-order valence-electron chi connectivity index (χ0n) is 9.14. The Morgan fingerprint density at radius 1 is 1.44 bits per heavy atom. The van der Waals surface area contributed by atoms with Crippen LogP contribution >= 0.6 is 11.3 Å². The van der Waals surface area contributed by atoms with E-state index in [1.165, 1.54) is 10.4 Å². The molecular formula is C13H13NOS. The molecule has 2 aromatic rings. The maximum absolute atomic E-state index is 5.90. The smallest absolute Gasteiger partial charge is 0.154 e. The summed E-state index contributed by atoms with van der Waals surface area (Å²) in [5, 5.41) is 1.10. The molecule has 1 aromatic carbocycles. The van der Waals surface area contributed by atoms with Crippen LogP contribution in [0.2, 0.25) is 0 Å². The van der Waals surface area contributed by atoms with Crippen molar-refractivity contribution in [3.8, 4) is 5.75 Å². The number of aryl methyl sites for hydroxylation is 1. The van der Waals surface area contributed by atoms with Crippen molar-refractivity contribution in [3.63, 3.8) is 0 Å². The SMILES string of the molecule is CCc1cnc(C2Cc3ccccc3O2)s1. The number of para-hydroxylation sites is 1. The third kappa shape index (κ3) is 1.61. The Labute approximate surface area is 98.9 Å². The highest BCUT2D eigenvalue weighted by Gasteiger charge is 2.26. The molecule has 2 nitrogen and oxygen atoms in total. The molecule has 1 atom stereocenters. The number of fused-ring (bicyclic) bond motifs is 1. The Hall–Kier alpha value is -1.35. The zero-order chi connectivity index (χ0) is 11.0. The third-order valence-corrected chi connectivity index (χ3v) is 4.08. The molecule has 3 rings (SSSR count). The fourth-order valence-electron chi connectivity index (χ4n) is 1.95. The van der Waals surface area contributed by atoms with Crippen LogP contribution in [-0.2, 0) is 12.8 Å². The number of rotatable bonds is 2. The molecule has 1 aromatic heterocycles. The van der Waals surface area contributed by atoms with Gasteiger partial charge in [-0.15, -0.1) is 11.3 Å². The van der Waals surface area contributed by atoms with E-state index in [0.717, 1.165) is 23.6 Å². The summed E-state index contributed by atoms with van der Waals surface area (Å²) in [5.74, 6) is 1.01. The van der Waals surface area contributed by atoms with Crippen LogP contribution in [0.25, 0.3) is 0 Å². The van der Waals surface area contributed by atoms with Crippen LogP contribution in [-0.4, -0.2) is 4.98 Å². The first-order valence-corrected chi connectivity index (χ1v) is 6.37. The number of benzene rings is 1. The second kappa shape index (κ2) is 3.91. The van der Waals surface area contributed by atoms with Gasteiger partial charge in [-0.2, -0.15) is 0 Å². The van der Waals surface area contributed by atoms with Gasteiger partial charge in [-0.3, -0.25) is 0 Å². The normalized spacial score (nSPS) is 18.2. The van der Waals surface area contributed by atoms with E-state index < -0.39 is 0 Å². The van der Waals surface area contributed by atoms with Crippen LogP contribution in [0.1, 0.15) is 28.5 Å². The van der Waals surface area contributed by atoms with Crippen LogP contribution < -0.4 is 4.74 Å². The summed E-state index contributed by atoms with van der Waals surface area (Å²) < 4.78 is 5.90. The van der Waals surface area contributed by atoms with Gasteiger partial charge in [0.1, 0.15) is 10.8 Å². The summed E-state index contributed by atoms with van der Waals surface area (Å²) in [6, 6.07) is 8.23. The third-order valence-electron chi connectivity index (χ3n) is 2.84. The molecule has 0 aliphatic carbocycles. The second-order valence-electron chi connectivity index (χ2n) is 3.94. The Morgan fingerprint density at radius 3 is 3.06 bits per heavy atom. The molecule has 1 aliphatic heterocycles. The molecule has 1 unspecified atom stereocenters. The quantitative estimate of drug-likeness (QED) is 0.790. The number of hydrogen-bond donors (Lipinski definition) is 0. The van der Waals surface area contributed by atoms with Gasteiger partial charge in [-0.05, 0) is 18.1 Å². The average Bonchev–Trinajstić information content (AvgIpc) is 2.95. The number of thiazole rings is 1. The van der Waals surface area contributed by atoms with Gasteiger partial charge in [-0.25, -0.2) is 4.98 Å². The molecule has 0 N–H and O–H groups in total. The van der Waals surface area contributed by atoms with Crippen LogP contribution in [0, 0.1) is 0 Å². The maximum atomic E-state index is 5.90. The van der Waals surface area contributed by atoms with Gasteiger partial charge >= 0.3 is 0 Å². The first-order valence-electron chi connectivity index (χ1n) is 5.56. The average molecular weight is 231 g/mol. The Kier molecular flexibility index (Phi) is 2.40. The van der Waals surface area contributed by atoms with Crippen molar-refractivity contribution in [1.82, 2.24) is 4.98 Å². The van der Waals surface area contributed by atoms with Gasteiger partial charge in [0.05, 0.1) is 0 Å². The first kappa shape index (κ1) is 9.85. The molecule has 0 saturated carbocycles. The van der Waals surface area contributed by atoms with E-state index in [-0.39, 0.29) is 6.10 Å². The number of hydrogen-bond acceptors (Lipinski definition) is 3. The monoisotopic (exact) mass is 231 g/mol. The highest BCUT2D eigenvalue weighted by molar-refractivity contribution is 7.11. The van der Waals surface area contributed by atoms with Crippen molar-refractivity contribution in [1.29, 1.82) is 0 Å². The molecule has 0 amide bonds. The Bertz CT molecular complexity index is 481. The first-order chi connectivity index (χ1) is 7.86. The van der Waals surface area contributed by atoms with Gasteiger partial charge in [0.15, 0.2) is 6.10 Å². The topological polar surface area (TPSA) is 22.1 Å². The molecular weight excluding hydrogens is 218 g/mol. The molecule has 82 valence electrons. The maximum Gasteiger partial charge on any atom is 0.154 e. The molecule has 1 aliphatic rings. The minimum Gasteiger partial charge on any atom is -0.483 e. The van der Waals surface area contributed by atoms with Crippen molar-refractivity contribution >= 4 is 11.3 Å². The van der Waals surface area contributed by atoms with Crippen LogP contribution in [0.3, 0.4) is 0 Å². The Balaban J connectivity index is 1.85. The van der Waals surface area contributed by atoms with Crippen molar-refractivity contribution in [3.05, 3.63) is 45.9 Å². The van der Waals surface area contributed by atoms with E-state index in [9.17, 15) is 0 Å². The molecule has 0 spiro atoms. The minimum atomic E-state index is 0.127. The predicted octanol–water partition coefficient (Wildman–Crippen LogP) is 3.38. The molecule has 0 saturated heterocycles. The van der Waals surface area contributed by atoms with Crippen molar-refractivity contribution in [2.75, 3.05) is 0 Å². The van der Waals surface area contributed by atoms with E-state index in [0.29, 0.717) is 0 Å². The largest absolute Gasteiger partial charge is 0.483 e. The standard InChI is InChI=1S/C13H13NOS/c1-2-10-8-14-13(16-10)12-7-9-5-3-4-6-11(9)15-12/h3-6,8,12H,2,7H2,1H3. The van der Waals surface area contributed by atoms with Crippen LogP contribution in [0.5, 0.6) is 5.75 Å². The summed E-state index contributed by atoms with van der Waals surface area (Å²) in [5.41, 5.74) is 1.29. The molecule has 3 heteroatoms. The Morgan fingerprint density at radius 2 is 2.31 bits per heavy atom. The predicted molar refractivity (Wildman–Crippen MR) is 65.0 cm³/mol. The summed E-state index contributed by atoms with van der Waals surface area (Å²) in [6.07, 6.45) is 4.10. The summed E-state index contributed by atoms with van der Waals surface area (Å²) >= 11 is 1.76. The summed E-state index contributed by atoms with van der Waals surface area (Å²) in [7, 11) is 0. The van der Waals surface area contributed by atoms with Crippen molar-refractivity contribution in [2.45, 2.75) is 25.9 Å². The van der Waals surface area contributed by atoms with Crippen molar-refractivity contribution in [2.24, 2.45) is 0 Å². The van der Waals surface area contributed by atoms with E-state index in [1.807, 2.05) is 18.3 Å². The molecule has 16 heavy (non-hydrogen) atoms.